The van der Waals surface area contributed by atoms with Gasteiger partial charge in [-0.3, -0.25) is 0 Å². The third-order valence-corrected chi connectivity index (χ3v) is 4.07. The number of carbonyl (C=O) groups excluding carboxylic acids is 1. The monoisotopic (exact) mass is 394 g/mol. The molecule has 0 N–H and O–H groups in total. The first-order valence-corrected chi connectivity index (χ1v) is 8.70. The van der Waals surface area contributed by atoms with Crippen LogP contribution in [0.2, 0.25) is 5.02 Å². The summed E-state index contributed by atoms with van der Waals surface area (Å²) in [5.74, 6) is -0.0885. The molecular formula is C17H22ClF3N2O3. The van der Waals surface area contributed by atoms with E-state index in [4.69, 9.17) is 21.1 Å². The Labute approximate surface area is 155 Å². The smallest absolute Gasteiger partial charge is 0.417 e. The summed E-state index contributed by atoms with van der Waals surface area (Å²) >= 11 is 5.85. The topological polar surface area (TPSA) is 51.7 Å². The maximum atomic E-state index is 12.7. The van der Waals surface area contributed by atoms with E-state index in [2.05, 4.69) is 4.98 Å². The molecule has 1 atom stereocenters. The molecule has 0 bridgehead atoms. The first-order valence-electron chi connectivity index (χ1n) is 8.32. The van der Waals surface area contributed by atoms with Crippen molar-refractivity contribution >= 4 is 17.7 Å². The van der Waals surface area contributed by atoms with Gasteiger partial charge in [-0.05, 0) is 46.1 Å². The van der Waals surface area contributed by atoms with E-state index in [1.165, 1.54) is 0 Å². The highest BCUT2D eigenvalue weighted by Gasteiger charge is 2.33. The van der Waals surface area contributed by atoms with Crippen LogP contribution in [0.5, 0.6) is 5.88 Å². The van der Waals surface area contributed by atoms with Crippen LogP contribution in [0.4, 0.5) is 18.0 Å². The van der Waals surface area contributed by atoms with E-state index < -0.39 is 23.4 Å². The minimum absolute atomic E-state index is 0.0807. The van der Waals surface area contributed by atoms with Crippen LogP contribution in [0.1, 0.15) is 45.6 Å². The molecule has 1 saturated heterocycles. The summed E-state index contributed by atoms with van der Waals surface area (Å²) in [7, 11) is 0. The molecule has 2 rings (SSSR count). The molecule has 0 radical (unpaired) electrons. The van der Waals surface area contributed by atoms with E-state index >= 15 is 0 Å². The molecule has 26 heavy (non-hydrogen) atoms. The molecule has 0 unspecified atom stereocenters. The lowest BCUT2D eigenvalue weighted by atomic mass is 10.0. The number of likely N-dealkylation sites (tertiary alicyclic amines) is 1. The number of aromatic nitrogens is 1. The van der Waals surface area contributed by atoms with Gasteiger partial charge in [-0.25, -0.2) is 9.78 Å². The molecule has 1 aromatic heterocycles. The number of piperidine rings is 1. The highest BCUT2D eigenvalue weighted by Crippen LogP contribution is 2.33. The number of carbonyl (C=O) groups is 1. The summed E-state index contributed by atoms with van der Waals surface area (Å²) in [6.45, 7) is 5.97. The lowest BCUT2D eigenvalue weighted by Gasteiger charge is -2.36. The third kappa shape index (κ3) is 5.65. The van der Waals surface area contributed by atoms with E-state index in [1.807, 2.05) is 0 Å². The first-order chi connectivity index (χ1) is 12.0. The molecule has 1 aliphatic heterocycles. The van der Waals surface area contributed by atoms with Crippen LogP contribution in [0.25, 0.3) is 0 Å². The zero-order valence-electron chi connectivity index (χ0n) is 14.9. The zero-order chi connectivity index (χ0) is 19.5. The number of hydrogen-bond donors (Lipinski definition) is 0. The van der Waals surface area contributed by atoms with E-state index in [0.717, 1.165) is 18.9 Å². The van der Waals surface area contributed by atoms with Crippen LogP contribution in [0.15, 0.2) is 12.3 Å². The van der Waals surface area contributed by atoms with E-state index in [9.17, 15) is 18.0 Å². The average molecular weight is 395 g/mol. The van der Waals surface area contributed by atoms with E-state index in [0.29, 0.717) is 19.2 Å². The van der Waals surface area contributed by atoms with Crippen molar-refractivity contribution in [3.05, 3.63) is 22.8 Å². The molecule has 146 valence electrons. The van der Waals surface area contributed by atoms with Gasteiger partial charge in [-0.15, -0.1) is 0 Å². The number of nitrogens with zero attached hydrogens (tertiary/aromatic N) is 2. The molecule has 1 amide bonds. The second-order valence-corrected chi connectivity index (χ2v) is 7.55. The Kier molecular flexibility index (Phi) is 6.26. The van der Waals surface area contributed by atoms with Gasteiger partial charge in [0.15, 0.2) is 0 Å². The summed E-state index contributed by atoms with van der Waals surface area (Å²) < 4.78 is 48.9. The van der Waals surface area contributed by atoms with Crippen molar-refractivity contribution in [2.45, 2.75) is 57.9 Å². The number of alkyl halides is 3. The van der Waals surface area contributed by atoms with Crippen LogP contribution in [-0.4, -0.2) is 40.8 Å². The Balaban J connectivity index is 2.03. The first kappa shape index (κ1) is 20.6. The number of halogens is 4. The van der Waals surface area contributed by atoms with Crippen LogP contribution in [0, 0.1) is 0 Å². The number of hydrogen-bond acceptors (Lipinski definition) is 4. The molecule has 2 heterocycles. The molecule has 0 aromatic carbocycles. The Morgan fingerprint density at radius 1 is 1.35 bits per heavy atom. The molecule has 9 heteroatoms. The van der Waals surface area contributed by atoms with Gasteiger partial charge in [0.2, 0.25) is 5.88 Å². The van der Waals surface area contributed by atoms with E-state index in [-0.39, 0.29) is 23.6 Å². The van der Waals surface area contributed by atoms with Crippen molar-refractivity contribution in [3.63, 3.8) is 0 Å². The van der Waals surface area contributed by atoms with Crippen molar-refractivity contribution in [3.8, 4) is 5.88 Å². The summed E-state index contributed by atoms with van der Waals surface area (Å²) in [6, 6.07) is 0.523. The summed E-state index contributed by atoms with van der Waals surface area (Å²) in [4.78, 5) is 17.6. The quantitative estimate of drug-likeness (QED) is 0.730. The molecule has 1 aromatic rings. The van der Waals surface area contributed by atoms with E-state index in [1.54, 1.807) is 25.7 Å². The van der Waals surface area contributed by atoms with Crippen LogP contribution in [0.3, 0.4) is 0 Å². The van der Waals surface area contributed by atoms with Gasteiger partial charge in [0, 0.05) is 12.7 Å². The largest absolute Gasteiger partial charge is 0.474 e. The van der Waals surface area contributed by atoms with Crippen LogP contribution < -0.4 is 4.74 Å². The standard InChI is InChI=1S/C17H22ClF3N2O3/c1-16(2,3)26-15(24)23-7-5-4-6-12(23)10-25-14-13(18)8-11(9-22-14)17(19,20)21/h8-9,12H,4-7,10H2,1-3H3/t12-/m0/s1. The van der Waals surface area contributed by atoms with Gasteiger partial charge < -0.3 is 14.4 Å². The summed E-state index contributed by atoms with van der Waals surface area (Å²) in [5, 5.41) is -0.223. The van der Waals surface area contributed by atoms with Gasteiger partial charge in [0.25, 0.3) is 0 Å². The molecular weight excluding hydrogens is 373 g/mol. The van der Waals surface area contributed by atoms with Crippen molar-refractivity contribution < 1.29 is 27.4 Å². The molecule has 5 nitrogen and oxygen atoms in total. The highest BCUT2D eigenvalue weighted by atomic mass is 35.5. The molecule has 0 spiro atoms. The van der Waals surface area contributed by atoms with Crippen molar-refractivity contribution in [2.75, 3.05) is 13.2 Å². The Morgan fingerprint density at radius 3 is 2.62 bits per heavy atom. The fourth-order valence-corrected chi connectivity index (χ4v) is 2.82. The zero-order valence-corrected chi connectivity index (χ0v) is 15.7. The maximum Gasteiger partial charge on any atom is 0.417 e. The van der Waals surface area contributed by atoms with Crippen LogP contribution >= 0.6 is 11.6 Å². The SMILES string of the molecule is CC(C)(C)OC(=O)N1CCCC[C@H]1COc1ncc(C(F)(F)F)cc1Cl. The van der Waals surface area contributed by atoms with Gasteiger partial charge in [0.05, 0.1) is 11.6 Å². The van der Waals surface area contributed by atoms with Crippen LogP contribution in [-0.2, 0) is 10.9 Å². The Hall–Kier alpha value is -1.70. The Bertz CT molecular complexity index is 647. The van der Waals surface area contributed by atoms with Crippen molar-refractivity contribution in [1.29, 1.82) is 0 Å². The predicted octanol–water partition coefficient (Wildman–Crippen LogP) is 4.92. The Morgan fingerprint density at radius 2 is 2.04 bits per heavy atom. The fourth-order valence-electron chi connectivity index (χ4n) is 2.60. The highest BCUT2D eigenvalue weighted by molar-refractivity contribution is 6.31. The minimum Gasteiger partial charge on any atom is -0.474 e. The van der Waals surface area contributed by atoms with Crippen molar-refractivity contribution in [1.82, 2.24) is 9.88 Å². The average Bonchev–Trinajstić information content (AvgIpc) is 2.51. The second kappa shape index (κ2) is 7.90. The fraction of sp³-hybridized carbons (Fsp3) is 0.647. The normalized spacial score (nSPS) is 18.6. The maximum absolute atomic E-state index is 12.7. The van der Waals surface area contributed by atoms with Gasteiger partial charge in [-0.1, -0.05) is 11.6 Å². The summed E-state index contributed by atoms with van der Waals surface area (Å²) in [6.07, 6.45) is -1.80. The molecule has 1 fully saturated rings. The number of amides is 1. The molecule has 0 saturated carbocycles. The van der Waals surface area contributed by atoms with Crippen molar-refractivity contribution in [2.24, 2.45) is 0 Å². The number of pyridine rings is 1. The molecule has 1 aliphatic rings. The lowest BCUT2D eigenvalue weighted by Crippen LogP contribution is -2.48. The third-order valence-electron chi connectivity index (χ3n) is 3.80. The second-order valence-electron chi connectivity index (χ2n) is 7.14. The lowest BCUT2D eigenvalue weighted by molar-refractivity contribution is -0.137. The van der Waals surface area contributed by atoms with Gasteiger partial charge in [-0.2, -0.15) is 13.2 Å². The predicted molar refractivity (Wildman–Crippen MR) is 90.3 cm³/mol. The molecule has 0 aliphatic carbocycles. The summed E-state index contributed by atoms with van der Waals surface area (Å²) in [5.41, 5.74) is -1.55. The van der Waals surface area contributed by atoms with Gasteiger partial charge in [0.1, 0.15) is 17.2 Å². The number of rotatable bonds is 3. The van der Waals surface area contributed by atoms with Gasteiger partial charge >= 0.3 is 12.3 Å². The number of ether oxygens (including phenoxy) is 2. The minimum atomic E-state index is -4.52.